The molecule has 9 heteroatoms. The third kappa shape index (κ3) is 4.62. The van der Waals surface area contributed by atoms with Crippen LogP contribution in [0.25, 0.3) is 10.9 Å². The maximum atomic E-state index is 11.7. The smallest absolute Gasteiger partial charge is 0.314 e. The number of carbonyl (C=O) groups excluding carboxylic acids is 1. The molecule has 0 spiro atoms. The van der Waals surface area contributed by atoms with Crippen LogP contribution in [0.15, 0.2) is 59.8 Å². The second-order valence-electron chi connectivity index (χ2n) is 8.99. The van der Waals surface area contributed by atoms with Crippen LogP contribution in [0.4, 0.5) is 4.79 Å². The molecule has 2 aromatic carbocycles. The van der Waals surface area contributed by atoms with Gasteiger partial charge in [-0.25, -0.2) is 4.79 Å². The van der Waals surface area contributed by atoms with Crippen LogP contribution in [-0.4, -0.2) is 51.9 Å². The highest BCUT2D eigenvalue weighted by atomic mass is 16.6. The molecule has 3 heterocycles. The van der Waals surface area contributed by atoms with Gasteiger partial charge in [0.1, 0.15) is 18.5 Å². The molecule has 9 nitrogen and oxygen atoms in total. The minimum Gasteiger partial charge on any atom is -0.489 e. The molecule has 1 saturated heterocycles. The van der Waals surface area contributed by atoms with Gasteiger partial charge in [0.25, 0.3) is 0 Å². The Balaban J connectivity index is 1.23. The topological polar surface area (TPSA) is 127 Å². The van der Waals surface area contributed by atoms with Crippen molar-refractivity contribution in [2.45, 2.75) is 26.1 Å². The first-order chi connectivity index (χ1) is 16.9. The number of pyridine rings is 1. The lowest BCUT2D eigenvalue weighted by Gasteiger charge is -2.19. The first-order valence-corrected chi connectivity index (χ1v) is 11.5. The number of carbonyl (C=O) groups is 2. The van der Waals surface area contributed by atoms with Gasteiger partial charge < -0.3 is 25.3 Å². The van der Waals surface area contributed by atoms with E-state index in [0.29, 0.717) is 13.0 Å². The summed E-state index contributed by atoms with van der Waals surface area (Å²) in [5, 5.41) is 14.8. The molecule has 0 saturated carbocycles. The van der Waals surface area contributed by atoms with Gasteiger partial charge in [0.05, 0.1) is 17.1 Å². The first kappa shape index (κ1) is 22.6. The highest BCUT2D eigenvalue weighted by molar-refractivity contribution is 6.01. The first-order valence-electron chi connectivity index (χ1n) is 11.5. The maximum absolute atomic E-state index is 11.7. The largest absolute Gasteiger partial charge is 0.489 e. The average Bonchev–Trinajstić information content (AvgIpc) is 3.50. The van der Waals surface area contributed by atoms with Crippen LogP contribution >= 0.6 is 0 Å². The van der Waals surface area contributed by atoms with E-state index in [-0.39, 0.29) is 19.0 Å². The minimum absolute atomic E-state index is 0.0862. The SMILES string of the molecule is Cc1cc(COc2ccc(C3=NOC(C4CN(C(N)=O)CC4C(=O)O)C3)cc2)c2ccccc2n1. The number of likely N-dealkylation sites (tertiary alicyclic amines) is 1. The highest BCUT2D eigenvalue weighted by Crippen LogP contribution is 2.33. The van der Waals surface area contributed by atoms with Crippen LogP contribution in [-0.2, 0) is 16.2 Å². The Morgan fingerprint density at radius 2 is 1.94 bits per heavy atom. The Labute approximate surface area is 202 Å². The van der Waals surface area contributed by atoms with Crippen LogP contribution in [0.5, 0.6) is 5.75 Å². The Kier molecular flexibility index (Phi) is 5.98. The van der Waals surface area contributed by atoms with Gasteiger partial charge in [0.15, 0.2) is 0 Å². The summed E-state index contributed by atoms with van der Waals surface area (Å²) in [7, 11) is 0. The predicted octanol–water partition coefficient (Wildman–Crippen LogP) is 3.33. The number of amides is 2. The molecular formula is C26H26N4O5. The molecule has 1 fully saturated rings. The van der Waals surface area contributed by atoms with Gasteiger partial charge in [0.2, 0.25) is 0 Å². The summed E-state index contributed by atoms with van der Waals surface area (Å²) in [5.41, 5.74) is 9.93. The number of fused-ring (bicyclic) bond motifs is 1. The third-order valence-corrected chi connectivity index (χ3v) is 6.68. The number of ether oxygens (including phenoxy) is 1. The third-order valence-electron chi connectivity index (χ3n) is 6.68. The fraction of sp³-hybridized carbons (Fsp3) is 0.308. The van der Waals surface area contributed by atoms with E-state index in [1.54, 1.807) is 0 Å². The van der Waals surface area contributed by atoms with Crippen LogP contribution < -0.4 is 10.5 Å². The molecule has 180 valence electrons. The van der Waals surface area contributed by atoms with E-state index in [9.17, 15) is 14.7 Å². The molecule has 1 aromatic heterocycles. The van der Waals surface area contributed by atoms with Crippen molar-refractivity contribution in [3.63, 3.8) is 0 Å². The summed E-state index contributed by atoms with van der Waals surface area (Å²) in [5.74, 6) is -1.34. The number of para-hydroxylation sites is 1. The molecule has 35 heavy (non-hydrogen) atoms. The maximum Gasteiger partial charge on any atom is 0.314 e. The van der Waals surface area contributed by atoms with E-state index < -0.39 is 24.0 Å². The summed E-state index contributed by atoms with van der Waals surface area (Å²) in [6.45, 7) is 2.72. The molecule has 3 atom stereocenters. The van der Waals surface area contributed by atoms with E-state index in [2.05, 4.69) is 10.1 Å². The van der Waals surface area contributed by atoms with Gasteiger partial charge in [-0.1, -0.05) is 23.4 Å². The number of hydrogen-bond donors (Lipinski definition) is 2. The number of primary amides is 1. The molecular weight excluding hydrogens is 448 g/mol. The number of aliphatic carboxylic acids is 1. The number of hydrogen-bond acceptors (Lipinski definition) is 6. The summed E-state index contributed by atoms with van der Waals surface area (Å²) in [4.78, 5) is 34.8. The number of nitrogens with two attached hydrogens (primary N) is 1. The molecule has 3 aromatic rings. The van der Waals surface area contributed by atoms with Gasteiger partial charge in [-0.2, -0.15) is 0 Å². The average molecular weight is 475 g/mol. The fourth-order valence-corrected chi connectivity index (χ4v) is 4.86. The molecule has 0 bridgehead atoms. The molecule has 3 unspecified atom stereocenters. The zero-order valence-electron chi connectivity index (χ0n) is 19.3. The van der Waals surface area contributed by atoms with Crippen molar-refractivity contribution in [3.8, 4) is 5.75 Å². The molecule has 5 rings (SSSR count). The quantitative estimate of drug-likeness (QED) is 0.564. The summed E-state index contributed by atoms with van der Waals surface area (Å²) >= 11 is 0. The number of aryl methyl sites for hydroxylation is 1. The molecule has 0 radical (unpaired) electrons. The lowest BCUT2D eigenvalue weighted by atomic mass is 9.87. The van der Waals surface area contributed by atoms with Crippen molar-refractivity contribution in [1.82, 2.24) is 9.88 Å². The Morgan fingerprint density at radius 3 is 2.69 bits per heavy atom. The molecule has 0 aliphatic carbocycles. The summed E-state index contributed by atoms with van der Waals surface area (Å²) in [6.07, 6.45) is 0.0402. The number of nitrogens with zero attached hydrogens (tertiary/aromatic N) is 3. The Bertz CT molecular complexity index is 1310. The zero-order chi connectivity index (χ0) is 24.5. The normalized spacial score (nSPS) is 21.6. The van der Waals surface area contributed by atoms with Crippen LogP contribution in [0, 0.1) is 18.8 Å². The van der Waals surface area contributed by atoms with Crippen molar-refractivity contribution >= 4 is 28.6 Å². The van der Waals surface area contributed by atoms with Crippen molar-refractivity contribution in [2.75, 3.05) is 13.1 Å². The Morgan fingerprint density at radius 1 is 1.17 bits per heavy atom. The lowest BCUT2D eigenvalue weighted by Crippen LogP contribution is -2.35. The van der Waals surface area contributed by atoms with Crippen molar-refractivity contribution < 1.29 is 24.3 Å². The lowest BCUT2D eigenvalue weighted by molar-refractivity contribution is -0.144. The van der Waals surface area contributed by atoms with Gasteiger partial charge in [-0.05, 0) is 48.9 Å². The minimum atomic E-state index is -0.963. The molecule has 3 N–H and O–H groups in total. The standard InChI is InChI=1S/C26H26N4O5/c1-15-10-17(19-4-2-3-5-22(19)28-15)14-34-18-8-6-16(7-9-18)23-11-24(35-29-23)20-12-30(26(27)33)13-21(20)25(31)32/h2-10,20-21,24H,11-14H2,1H3,(H2,27,33)(H,31,32). The van der Waals surface area contributed by atoms with Gasteiger partial charge in [-0.3, -0.25) is 9.78 Å². The molecule has 2 aliphatic heterocycles. The predicted molar refractivity (Wildman–Crippen MR) is 129 cm³/mol. The number of rotatable bonds is 6. The van der Waals surface area contributed by atoms with Gasteiger partial charge in [-0.15, -0.1) is 0 Å². The van der Waals surface area contributed by atoms with E-state index in [1.807, 2.05) is 61.5 Å². The molecule has 2 aliphatic rings. The Hall–Kier alpha value is -4.14. The number of benzene rings is 2. The highest BCUT2D eigenvalue weighted by Gasteiger charge is 2.46. The summed E-state index contributed by atoms with van der Waals surface area (Å²) in [6, 6.07) is 17.0. The number of oxime groups is 1. The van der Waals surface area contributed by atoms with E-state index in [0.717, 1.165) is 39.2 Å². The monoisotopic (exact) mass is 474 g/mol. The van der Waals surface area contributed by atoms with Crippen LogP contribution in [0.1, 0.15) is 23.2 Å². The summed E-state index contributed by atoms with van der Waals surface area (Å²) < 4.78 is 6.04. The van der Waals surface area contributed by atoms with E-state index >= 15 is 0 Å². The van der Waals surface area contributed by atoms with E-state index in [1.165, 1.54) is 4.90 Å². The van der Waals surface area contributed by atoms with Crippen molar-refractivity contribution in [2.24, 2.45) is 22.7 Å². The van der Waals surface area contributed by atoms with Crippen molar-refractivity contribution in [3.05, 3.63) is 71.4 Å². The van der Waals surface area contributed by atoms with Gasteiger partial charge >= 0.3 is 12.0 Å². The number of carboxylic acid groups (broad SMARTS) is 1. The van der Waals surface area contributed by atoms with Crippen LogP contribution in [0.2, 0.25) is 0 Å². The number of carboxylic acids is 1. The molecule has 2 amide bonds. The fourth-order valence-electron chi connectivity index (χ4n) is 4.86. The van der Waals surface area contributed by atoms with Crippen LogP contribution in [0.3, 0.4) is 0 Å². The van der Waals surface area contributed by atoms with Gasteiger partial charge in [0, 0.05) is 42.1 Å². The number of aromatic nitrogens is 1. The second-order valence-corrected chi connectivity index (χ2v) is 8.99. The number of urea groups is 1. The zero-order valence-corrected chi connectivity index (χ0v) is 19.3. The van der Waals surface area contributed by atoms with Crippen molar-refractivity contribution in [1.29, 1.82) is 0 Å². The second kappa shape index (κ2) is 9.25. The van der Waals surface area contributed by atoms with E-state index in [4.69, 9.17) is 15.3 Å².